The second-order valence-corrected chi connectivity index (χ2v) is 19.2. The maximum absolute atomic E-state index is 15.2. The van der Waals surface area contributed by atoms with Crippen LogP contribution in [0.5, 0.6) is 11.5 Å². The average Bonchev–Trinajstić information content (AvgIpc) is 3.90. The maximum Gasteiger partial charge on any atom is 0.264 e. The number of ether oxygens (including phenoxy) is 3. The van der Waals surface area contributed by atoms with Crippen LogP contribution in [0, 0.1) is 5.92 Å². The van der Waals surface area contributed by atoms with Gasteiger partial charge in [0.1, 0.15) is 11.5 Å². The predicted molar refractivity (Wildman–Crippen MR) is 197 cm³/mol. The van der Waals surface area contributed by atoms with Crippen LogP contribution in [-0.4, -0.2) is 73.5 Å². The Kier molecular flexibility index (Phi) is 9.51. The van der Waals surface area contributed by atoms with Gasteiger partial charge in [0.15, 0.2) is 5.60 Å². The standard InChI is InChI=1S/C39H47N5O6Si/c1-26-37(51(4,5)32-14-11-30(48-2)12-15-32)35(17-20-42-25-28(18-21-45)40-41-42)50-39(26)33-23-31(49-3)13-16-34(33)44(38(39)47)24-27-8-6-9-29(22-27)43-19-7-10-36(43)46/h6,8-9,11-16,22-23,25-26,35,37,45H,7,10,17-21,24H2,1-5H3/t26-,35+,37-,39+/m1/s1. The van der Waals surface area contributed by atoms with Gasteiger partial charge in [-0.2, -0.15) is 0 Å². The molecule has 3 aliphatic rings. The van der Waals surface area contributed by atoms with Crippen molar-refractivity contribution in [1.82, 2.24) is 15.0 Å². The topological polar surface area (TPSA) is 119 Å². The van der Waals surface area contributed by atoms with Gasteiger partial charge in [-0.15, -0.1) is 5.10 Å². The third kappa shape index (κ3) is 6.12. The molecule has 268 valence electrons. The van der Waals surface area contributed by atoms with E-state index < -0.39 is 13.7 Å². The van der Waals surface area contributed by atoms with E-state index in [-0.39, 0.29) is 36.0 Å². The summed E-state index contributed by atoms with van der Waals surface area (Å²) >= 11 is 0. The fourth-order valence-electron chi connectivity index (χ4n) is 8.71. The molecule has 0 bridgehead atoms. The first kappa shape index (κ1) is 34.9. The summed E-state index contributed by atoms with van der Waals surface area (Å²) in [6.45, 7) is 8.53. The number of hydrogen-bond acceptors (Lipinski definition) is 8. The molecule has 0 radical (unpaired) electrons. The molecule has 2 fully saturated rings. The van der Waals surface area contributed by atoms with Gasteiger partial charge in [-0.3, -0.25) is 14.3 Å². The van der Waals surface area contributed by atoms with Crippen molar-refractivity contribution in [2.75, 3.05) is 37.2 Å². The summed E-state index contributed by atoms with van der Waals surface area (Å²) in [7, 11) is 0.969. The molecule has 0 saturated carbocycles. The molecule has 1 N–H and O–H groups in total. The minimum absolute atomic E-state index is 0.0103. The highest BCUT2D eigenvalue weighted by atomic mass is 28.3. The van der Waals surface area contributed by atoms with Crippen LogP contribution in [-0.2, 0) is 39.4 Å². The van der Waals surface area contributed by atoms with Crippen LogP contribution < -0.4 is 24.5 Å². The van der Waals surface area contributed by atoms with Gasteiger partial charge in [0.05, 0.1) is 46.3 Å². The quantitative estimate of drug-likeness (QED) is 0.208. The normalized spacial score (nSPS) is 23.1. The van der Waals surface area contributed by atoms with E-state index in [1.54, 1.807) is 18.9 Å². The van der Waals surface area contributed by atoms with E-state index in [2.05, 4.69) is 42.5 Å². The molecule has 4 heterocycles. The van der Waals surface area contributed by atoms with Gasteiger partial charge in [-0.05, 0) is 66.4 Å². The zero-order valence-electron chi connectivity index (χ0n) is 30.0. The van der Waals surface area contributed by atoms with Gasteiger partial charge in [-0.1, -0.05) is 54.7 Å². The number of fused-ring (bicyclic) bond motifs is 2. The summed E-state index contributed by atoms with van der Waals surface area (Å²) in [6.07, 6.45) is 4.09. The van der Waals surface area contributed by atoms with Crippen LogP contribution in [0.3, 0.4) is 0 Å². The first-order valence-electron chi connectivity index (χ1n) is 17.8. The molecule has 2 saturated heterocycles. The third-order valence-electron chi connectivity index (χ3n) is 11.3. The number of benzene rings is 3. The largest absolute Gasteiger partial charge is 0.497 e. The summed E-state index contributed by atoms with van der Waals surface area (Å²) in [5.74, 6) is 1.34. The van der Waals surface area contributed by atoms with Gasteiger partial charge in [-0.25, -0.2) is 0 Å². The fraction of sp³-hybridized carbons (Fsp3) is 0.436. The van der Waals surface area contributed by atoms with Gasteiger partial charge in [0.25, 0.3) is 5.91 Å². The highest BCUT2D eigenvalue weighted by Gasteiger charge is 2.66. The Morgan fingerprint density at radius 3 is 2.49 bits per heavy atom. The molecular weight excluding hydrogens is 663 g/mol. The van der Waals surface area contributed by atoms with E-state index in [4.69, 9.17) is 14.2 Å². The van der Waals surface area contributed by atoms with E-state index in [0.29, 0.717) is 44.6 Å². The molecule has 4 aromatic rings. The number of anilines is 2. The number of carbonyl (C=O) groups excluding carboxylic acids is 2. The lowest BCUT2D eigenvalue weighted by Gasteiger charge is -2.37. The molecule has 1 aromatic heterocycles. The van der Waals surface area contributed by atoms with Crippen molar-refractivity contribution in [1.29, 1.82) is 0 Å². The van der Waals surface area contributed by atoms with Crippen LogP contribution in [0.15, 0.2) is 72.9 Å². The molecule has 0 unspecified atom stereocenters. The Labute approximate surface area is 300 Å². The van der Waals surface area contributed by atoms with Crippen LogP contribution in [0.25, 0.3) is 0 Å². The average molecular weight is 710 g/mol. The number of amides is 2. The Morgan fingerprint density at radius 1 is 1.02 bits per heavy atom. The number of methoxy groups -OCH3 is 2. The fourth-order valence-corrected chi connectivity index (χ4v) is 12.8. The smallest absolute Gasteiger partial charge is 0.264 e. The Morgan fingerprint density at radius 2 is 1.78 bits per heavy atom. The number of aliphatic hydroxyl groups excluding tert-OH is 1. The molecule has 2 amide bonds. The van der Waals surface area contributed by atoms with Crippen molar-refractivity contribution in [2.45, 2.75) is 76.0 Å². The second kappa shape index (κ2) is 13.9. The molecule has 3 aliphatic heterocycles. The molecule has 1 spiro atoms. The summed E-state index contributed by atoms with van der Waals surface area (Å²) in [5, 5.41) is 19.2. The van der Waals surface area contributed by atoms with Crippen LogP contribution in [0.2, 0.25) is 18.6 Å². The van der Waals surface area contributed by atoms with Crippen molar-refractivity contribution >= 4 is 36.4 Å². The van der Waals surface area contributed by atoms with Crippen molar-refractivity contribution in [3.05, 3.63) is 89.7 Å². The van der Waals surface area contributed by atoms with Crippen LogP contribution in [0.4, 0.5) is 11.4 Å². The van der Waals surface area contributed by atoms with Crippen molar-refractivity contribution in [3.8, 4) is 11.5 Å². The molecule has 51 heavy (non-hydrogen) atoms. The lowest BCUT2D eigenvalue weighted by Crippen LogP contribution is -2.51. The minimum atomic E-state index is -2.34. The van der Waals surface area contributed by atoms with E-state index in [9.17, 15) is 9.90 Å². The summed E-state index contributed by atoms with van der Waals surface area (Å²) < 4.78 is 20.3. The number of carbonyl (C=O) groups is 2. The Bertz CT molecular complexity index is 1910. The number of nitrogens with zero attached hydrogens (tertiary/aromatic N) is 5. The number of hydrogen-bond donors (Lipinski definition) is 1. The van der Waals surface area contributed by atoms with Gasteiger partial charge in [0.2, 0.25) is 5.91 Å². The highest BCUT2D eigenvalue weighted by Crippen LogP contribution is 2.60. The SMILES string of the molecule is COc1ccc([Si](C)(C)[C@H]2[C@H](CCn3cc(CCO)nn3)O[C@@]3(C(=O)N(Cc4cccc(N5CCCC5=O)c4)c4ccc(OC)cc43)[C@@H]2C)cc1. The third-order valence-corrected chi connectivity index (χ3v) is 15.6. The monoisotopic (exact) mass is 709 g/mol. The molecule has 0 aliphatic carbocycles. The Hall–Kier alpha value is -4.52. The first-order valence-corrected chi connectivity index (χ1v) is 20.9. The predicted octanol–water partition coefficient (Wildman–Crippen LogP) is 4.81. The number of aryl methyl sites for hydroxylation is 1. The van der Waals surface area contributed by atoms with Gasteiger partial charge >= 0.3 is 0 Å². The van der Waals surface area contributed by atoms with Crippen molar-refractivity contribution < 1.29 is 28.9 Å². The van der Waals surface area contributed by atoms with Crippen LogP contribution in [0.1, 0.15) is 43.0 Å². The number of aromatic nitrogens is 3. The number of rotatable bonds is 12. The van der Waals surface area contributed by atoms with Crippen molar-refractivity contribution in [3.63, 3.8) is 0 Å². The zero-order valence-corrected chi connectivity index (χ0v) is 31.0. The lowest BCUT2D eigenvalue weighted by atomic mass is 9.82. The molecule has 4 atom stereocenters. The van der Waals surface area contributed by atoms with Gasteiger partial charge in [0, 0.05) is 55.9 Å². The highest BCUT2D eigenvalue weighted by molar-refractivity contribution is 6.91. The number of aliphatic hydroxyl groups is 1. The summed E-state index contributed by atoms with van der Waals surface area (Å²) in [4.78, 5) is 31.5. The molecular formula is C39H47N5O6Si. The zero-order chi connectivity index (χ0) is 35.9. The van der Waals surface area contributed by atoms with Crippen molar-refractivity contribution in [2.24, 2.45) is 5.92 Å². The second-order valence-electron chi connectivity index (χ2n) is 14.5. The lowest BCUT2D eigenvalue weighted by molar-refractivity contribution is -0.146. The van der Waals surface area contributed by atoms with E-state index >= 15 is 4.79 Å². The Balaban J connectivity index is 1.28. The minimum Gasteiger partial charge on any atom is -0.497 e. The van der Waals surface area contributed by atoms with E-state index in [1.165, 1.54) is 5.19 Å². The molecule has 7 rings (SSSR count). The summed E-state index contributed by atoms with van der Waals surface area (Å²) in [5.41, 5.74) is 2.99. The molecule has 11 nitrogen and oxygen atoms in total. The summed E-state index contributed by atoms with van der Waals surface area (Å²) in [6, 6.07) is 22.2. The van der Waals surface area contributed by atoms with E-state index in [1.807, 2.05) is 70.6 Å². The molecule has 3 aromatic carbocycles. The van der Waals surface area contributed by atoms with Crippen LogP contribution >= 0.6 is 0 Å². The van der Waals surface area contributed by atoms with E-state index in [0.717, 1.165) is 40.4 Å². The first-order chi connectivity index (χ1) is 24.6. The molecule has 12 heteroatoms. The van der Waals surface area contributed by atoms with Gasteiger partial charge < -0.3 is 29.1 Å². The maximum atomic E-state index is 15.2.